The number of hydrogen-bond donors (Lipinski definition) is 4. The molecule has 0 aliphatic carbocycles. The van der Waals surface area contributed by atoms with Crippen LogP contribution in [-0.2, 0) is 0 Å². The molecule has 0 amide bonds. The van der Waals surface area contributed by atoms with E-state index in [9.17, 15) is 9.59 Å². The molecule has 0 saturated heterocycles. The van der Waals surface area contributed by atoms with E-state index >= 15 is 0 Å². The van der Waals surface area contributed by atoms with Gasteiger partial charge in [0.1, 0.15) is 22.6 Å². The highest BCUT2D eigenvalue weighted by atomic mass is 16.4. The molecule has 0 unspecified atom stereocenters. The van der Waals surface area contributed by atoms with Crippen molar-refractivity contribution in [2.45, 2.75) is 13.8 Å². The van der Waals surface area contributed by atoms with Gasteiger partial charge in [-0.05, 0) is 37.1 Å². The fourth-order valence-electron chi connectivity index (χ4n) is 1.86. The van der Waals surface area contributed by atoms with Crippen LogP contribution < -0.4 is 0 Å². The van der Waals surface area contributed by atoms with Crippen molar-refractivity contribution in [1.82, 2.24) is 0 Å². The summed E-state index contributed by atoms with van der Waals surface area (Å²) in [5.41, 5.74) is 1.09. The molecule has 0 aliphatic heterocycles. The van der Waals surface area contributed by atoms with Gasteiger partial charge in [0.2, 0.25) is 0 Å². The first-order valence-corrected chi connectivity index (χ1v) is 6.29. The van der Waals surface area contributed by atoms with Crippen molar-refractivity contribution in [2.75, 3.05) is 0 Å². The fraction of sp³-hybridized carbons (Fsp3) is 0.125. The molecular formula is C16H16O6. The lowest BCUT2D eigenvalue weighted by Crippen LogP contribution is -1.99. The maximum Gasteiger partial charge on any atom is 0.339 e. The zero-order valence-electron chi connectivity index (χ0n) is 12.1. The molecule has 0 heterocycles. The van der Waals surface area contributed by atoms with Crippen molar-refractivity contribution in [1.29, 1.82) is 0 Å². The Morgan fingerprint density at radius 2 is 1.05 bits per heavy atom. The summed E-state index contributed by atoms with van der Waals surface area (Å²) in [6, 6.07) is 9.22. The van der Waals surface area contributed by atoms with Gasteiger partial charge in [-0.25, -0.2) is 9.59 Å². The van der Waals surface area contributed by atoms with Gasteiger partial charge in [-0.1, -0.05) is 24.3 Å². The normalized spacial score (nSPS) is 9.55. The van der Waals surface area contributed by atoms with Crippen LogP contribution in [0.5, 0.6) is 11.5 Å². The average molecular weight is 304 g/mol. The molecule has 2 aromatic carbocycles. The molecule has 0 atom stereocenters. The number of carboxylic acids is 2. The fourth-order valence-corrected chi connectivity index (χ4v) is 1.86. The van der Waals surface area contributed by atoms with E-state index in [2.05, 4.69) is 0 Å². The SMILES string of the molecule is Cc1cccc(O)c1C(=O)O.Cc1cccc(O)c1C(=O)O. The molecule has 6 heteroatoms. The maximum atomic E-state index is 10.5. The standard InChI is InChI=1S/2C8H8O3/c2*1-5-3-2-4-6(9)7(5)8(10)11/h2*2-4,9H,1H3,(H,10,11). The second-order valence-electron chi connectivity index (χ2n) is 4.55. The molecule has 2 rings (SSSR count). The third kappa shape index (κ3) is 3.99. The Balaban J connectivity index is 0.000000220. The van der Waals surface area contributed by atoms with E-state index in [0.717, 1.165) is 0 Å². The Hall–Kier alpha value is -3.02. The minimum atomic E-state index is -1.10. The van der Waals surface area contributed by atoms with Crippen LogP contribution >= 0.6 is 0 Å². The van der Waals surface area contributed by atoms with Crippen molar-refractivity contribution >= 4 is 11.9 Å². The monoisotopic (exact) mass is 304 g/mol. The minimum absolute atomic E-state index is 0.0208. The van der Waals surface area contributed by atoms with Gasteiger partial charge < -0.3 is 20.4 Å². The molecule has 0 fully saturated rings. The molecule has 22 heavy (non-hydrogen) atoms. The van der Waals surface area contributed by atoms with Gasteiger partial charge in [0, 0.05) is 0 Å². The largest absolute Gasteiger partial charge is 0.507 e. The van der Waals surface area contributed by atoms with E-state index in [1.54, 1.807) is 38.1 Å². The summed E-state index contributed by atoms with van der Waals surface area (Å²) in [6.45, 7) is 3.28. The van der Waals surface area contributed by atoms with Crippen LogP contribution in [0.3, 0.4) is 0 Å². The summed E-state index contributed by atoms with van der Waals surface area (Å²) in [7, 11) is 0. The third-order valence-electron chi connectivity index (χ3n) is 2.93. The highest BCUT2D eigenvalue weighted by molar-refractivity contribution is 5.92. The molecule has 0 radical (unpaired) electrons. The summed E-state index contributed by atoms with van der Waals surface area (Å²) in [4.78, 5) is 21.0. The number of aromatic carboxylic acids is 2. The first-order valence-electron chi connectivity index (χ1n) is 6.29. The van der Waals surface area contributed by atoms with E-state index in [1.165, 1.54) is 12.1 Å². The van der Waals surface area contributed by atoms with Crippen LogP contribution in [0.1, 0.15) is 31.8 Å². The third-order valence-corrected chi connectivity index (χ3v) is 2.93. The predicted octanol–water partition coefficient (Wildman–Crippen LogP) is 2.80. The van der Waals surface area contributed by atoms with Crippen molar-refractivity contribution in [3.05, 3.63) is 58.7 Å². The summed E-state index contributed by atoms with van der Waals surface area (Å²) in [5, 5.41) is 35.3. The Bertz CT molecular complexity index is 604. The van der Waals surface area contributed by atoms with Gasteiger partial charge in [-0.3, -0.25) is 0 Å². The molecular weight excluding hydrogens is 288 g/mol. The van der Waals surface area contributed by atoms with Crippen LogP contribution in [0.25, 0.3) is 0 Å². The minimum Gasteiger partial charge on any atom is -0.507 e. The summed E-state index contributed by atoms with van der Waals surface area (Å²) < 4.78 is 0. The molecule has 0 saturated carbocycles. The average Bonchev–Trinajstić information content (AvgIpc) is 2.38. The van der Waals surface area contributed by atoms with Gasteiger partial charge in [0.25, 0.3) is 0 Å². The van der Waals surface area contributed by atoms with Gasteiger partial charge in [-0.2, -0.15) is 0 Å². The van der Waals surface area contributed by atoms with Crippen molar-refractivity contribution in [3.63, 3.8) is 0 Å². The van der Waals surface area contributed by atoms with E-state index in [0.29, 0.717) is 11.1 Å². The smallest absolute Gasteiger partial charge is 0.339 e. The first kappa shape index (κ1) is 17.0. The summed E-state index contributed by atoms with van der Waals surface area (Å²) >= 11 is 0. The molecule has 4 N–H and O–H groups in total. The second-order valence-corrected chi connectivity index (χ2v) is 4.55. The Morgan fingerprint density at radius 3 is 1.23 bits per heavy atom. The van der Waals surface area contributed by atoms with E-state index in [-0.39, 0.29) is 22.6 Å². The molecule has 0 aliphatic rings. The molecule has 2 aromatic rings. The zero-order chi connectivity index (χ0) is 16.9. The second kappa shape index (κ2) is 7.12. The number of carbonyl (C=O) groups is 2. The molecule has 0 bridgehead atoms. The van der Waals surface area contributed by atoms with Gasteiger partial charge in [0.15, 0.2) is 0 Å². The van der Waals surface area contributed by atoms with Gasteiger partial charge in [-0.15, -0.1) is 0 Å². The molecule has 0 aromatic heterocycles. The first-order chi connectivity index (χ1) is 10.3. The molecule has 116 valence electrons. The Morgan fingerprint density at radius 1 is 0.727 bits per heavy atom. The zero-order valence-corrected chi connectivity index (χ0v) is 12.1. The van der Waals surface area contributed by atoms with E-state index in [4.69, 9.17) is 20.4 Å². The maximum absolute atomic E-state index is 10.5. The van der Waals surface area contributed by atoms with E-state index < -0.39 is 11.9 Å². The molecule has 6 nitrogen and oxygen atoms in total. The van der Waals surface area contributed by atoms with Crippen LogP contribution in [-0.4, -0.2) is 32.4 Å². The quantitative estimate of drug-likeness (QED) is 0.678. The number of aryl methyl sites for hydroxylation is 2. The number of aromatic hydroxyl groups is 2. The molecule has 0 spiro atoms. The number of benzene rings is 2. The lowest BCUT2D eigenvalue weighted by molar-refractivity contribution is 0.0681. The summed E-state index contributed by atoms with van der Waals surface area (Å²) in [6.07, 6.45) is 0. The number of rotatable bonds is 2. The lowest BCUT2D eigenvalue weighted by Gasteiger charge is -2.01. The topological polar surface area (TPSA) is 115 Å². The van der Waals surface area contributed by atoms with Gasteiger partial charge in [0.05, 0.1) is 0 Å². The van der Waals surface area contributed by atoms with Crippen molar-refractivity contribution in [2.24, 2.45) is 0 Å². The Labute approximate surface area is 126 Å². The lowest BCUT2D eigenvalue weighted by atomic mass is 10.1. The highest BCUT2D eigenvalue weighted by Gasteiger charge is 2.11. The highest BCUT2D eigenvalue weighted by Crippen LogP contribution is 2.20. The predicted molar refractivity (Wildman–Crippen MR) is 79.6 cm³/mol. The number of phenols is 2. The summed E-state index contributed by atoms with van der Waals surface area (Å²) in [5.74, 6) is -2.56. The van der Waals surface area contributed by atoms with Crippen LogP contribution in [0, 0.1) is 13.8 Å². The van der Waals surface area contributed by atoms with Crippen LogP contribution in [0.4, 0.5) is 0 Å². The van der Waals surface area contributed by atoms with Crippen LogP contribution in [0.15, 0.2) is 36.4 Å². The number of carboxylic acid groups (broad SMARTS) is 2. The number of hydrogen-bond acceptors (Lipinski definition) is 4. The van der Waals surface area contributed by atoms with Gasteiger partial charge >= 0.3 is 11.9 Å². The van der Waals surface area contributed by atoms with E-state index in [1.807, 2.05) is 0 Å². The van der Waals surface area contributed by atoms with Crippen molar-refractivity contribution < 1.29 is 30.0 Å². The van der Waals surface area contributed by atoms with Crippen LogP contribution in [0.2, 0.25) is 0 Å². The Kier molecular flexibility index (Phi) is 5.51. The van der Waals surface area contributed by atoms with Crippen molar-refractivity contribution in [3.8, 4) is 11.5 Å².